The van der Waals surface area contributed by atoms with Crippen molar-refractivity contribution in [2.45, 2.75) is 25.7 Å². The van der Waals surface area contributed by atoms with E-state index in [1.165, 1.54) is 25.7 Å². The van der Waals surface area contributed by atoms with Crippen molar-refractivity contribution in [1.29, 1.82) is 0 Å². The molecule has 1 saturated carbocycles. The normalized spacial score (nSPS) is 15.4. The Morgan fingerprint density at radius 3 is 1.29 bits per heavy atom. The Kier molecular flexibility index (Phi) is 5.06. The highest BCUT2D eigenvalue weighted by Gasteiger charge is 1.95. The van der Waals surface area contributed by atoms with E-state index in [9.17, 15) is 0 Å². The zero-order valence-electron chi connectivity index (χ0n) is 4.39. The summed E-state index contributed by atoms with van der Waals surface area (Å²) in [5, 5.41) is 0. The molecule has 1 aliphatic carbocycles. The van der Waals surface area contributed by atoms with Crippen LogP contribution in [0.5, 0.6) is 0 Å². The molecule has 0 atom stereocenters. The van der Waals surface area contributed by atoms with E-state index in [-0.39, 0.29) is 6.41 Å². The summed E-state index contributed by atoms with van der Waals surface area (Å²) in [5.41, 5.74) is 4.17. The number of hydrogen-bond donors (Lipinski definition) is 1. The van der Waals surface area contributed by atoms with Crippen molar-refractivity contribution in [3.63, 3.8) is 0 Å². The van der Waals surface area contributed by atoms with Crippen molar-refractivity contribution >= 4 is 6.41 Å². The van der Waals surface area contributed by atoms with Crippen molar-refractivity contribution in [2.24, 2.45) is 5.73 Å². The minimum Gasteiger partial charge on any atom is -0.372 e. The van der Waals surface area contributed by atoms with Gasteiger partial charge in [-0.25, -0.2) is 0 Å². The molecule has 42 valence electrons. The molecule has 0 saturated heterocycles. The van der Waals surface area contributed by atoms with Gasteiger partial charge in [-0.1, -0.05) is 25.7 Å². The molecule has 0 aromatic rings. The first-order chi connectivity index (χ1) is 3.41. The van der Waals surface area contributed by atoms with E-state index >= 15 is 0 Å². The quantitative estimate of drug-likeness (QED) is 0.447. The Hall–Kier alpha value is -0.530. The third kappa shape index (κ3) is 5.47. The molecule has 2 nitrogen and oxygen atoms in total. The highest BCUT2D eigenvalue weighted by atomic mass is 16.1. The minimum atomic E-state index is 0.250. The van der Waals surface area contributed by atoms with Crippen molar-refractivity contribution in [1.82, 2.24) is 0 Å². The molecular weight excluding hydrogens is 90.1 g/mol. The lowest BCUT2D eigenvalue weighted by molar-refractivity contribution is -0.106. The number of primary amides is 1. The van der Waals surface area contributed by atoms with E-state index in [0.29, 0.717) is 0 Å². The second-order valence-electron chi connectivity index (χ2n) is 1.55. The van der Waals surface area contributed by atoms with Gasteiger partial charge in [0, 0.05) is 0 Å². The van der Waals surface area contributed by atoms with Gasteiger partial charge >= 0.3 is 0 Å². The van der Waals surface area contributed by atoms with Crippen LogP contribution in [0.1, 0.15) is 25.7 Å². The van der Waals surface area contributed by atoms with Crippen LogP contribution in [0.4, 0.5) is 0 Å². The molecule has 7 heavy (non-hydrogen) atoms. The standard InChI is InChI=1S/C4H8.CH3NO/c1-2-4-3-1;2-1-3/h1-4H2;1H,(H2,2,3). The predicted octanol–water partition coefficient (Wildman–Crippen LogP) is 0.662. The maximum atomic E-state index is 8.58. The van der Waals surface area contributed by atoms with Crippen molar-refractivity contribution in [2.75, 3.05) is 0 Å². The van der Waals surface area contributed by atoms with Gasteiger partial charge in [0.05, 0.1) is 0 Å². The van der Waals surface area contributed by atoms with Crippen molar-refractivity contribution in [3.8, 4) is 0 Å². The van der Waals surface area contributed by atoms with Crippen molar-refractivity contribution < 1.29 is 4.79 Å². The largest absolute Gasteiger partial charge is 0.372 e. The molecular formula is C5H11NO. The number of rotatable bonds is 0. The van der Waals surface area contributed by atoms with E-state index in [0.717, 1.165) is 0 Å². The lowest BCUT2D eigenvalue weighted by Crippen LogP contribution is -1.85. The van der Waals surface area contributed by atoms with Gasteiger partial charge in [0.1, 0.15) is 0 Å². The summed E-state index contributed by atoms with van der Waals surface area (Å²) in [5.74, 6) is 0. The topological polar surface area (TPSA) is 43.1 Å². The van der Waals surface area contributed by atoms with Gasteiger partial charge in [-0.3, -0.25) is 4.79 Å². The monoisotopic (exact) mass is 101 g/mol. The molecule has 0 aromatic carbocycles. The van der Waals surface area contributed by atoms with Crippen molar-refractivity contribution in [3.05, 3.63) is 0 Å². The minimum absolute atomic E-state index is 0.250. The molecule has 0 heterocycles. The highest BCUT2D eigenvalue weighted by Crippen LogP contribution is 2.15. The Labute approximate surface area is 43.7 Å². The second-order valence-corrected chi connectivity index (χ2v) is 1.55. The van der Waals surface area contributed by atoms with Gasteiger partial charge in [0.2, 0.25) is 6.41 Å². The Balaban J connectivity index is 0.000000110. The SMILES string of the molecule is C1CCC1.NC=O. The van der Waals surface area contributed by atoms with Crippen LogP contribution in [0.3, 0.4) is 0 Å². The first-order valence-corrected chi connectivity index (χ1v) is 2.57. The molecule has 1 aliphatic rings. The van der Waals surface area contributed by atoms with Gasteiger partial charge in [-0.2, -0.15) is 0 Å². The van der Waals surface area contributed by atoms with Crippen LogP contribution < -0.4 is 5.73 Å². The number of amides is 1. The van der Waals surface area contributed by atoms with Crippen LogP contribution in [0.25, 0.3) is 0 Å². The zero-order chi connectivity index (χ0) is 5.54. The summed E-state index contributed by atoms with van der Waals surface area (Å²) < 4.78 is 0. The Morgan fingerprint density at radius 2 is 1.29 bits per heavy atom. The van der Waals surface area contributed by atoms with Gasteiger partial charge in [0.15, 0.2) is 0 Å². The summed E-state index contributed by atoms with van der Waals surface area (Å²) >= 11 is 0. The lowest BCUT2D eigenvalue weighted by atomic mass is 10.0. The fourth-order valence-electron chi connectivity index (χ4n) is 0.250. The van der Waals surface area contributed by atoms with Gasteiger partial charge in [0.25, 0.3) is 0 Å². The average Bonchev–Trinajstić information content (AvgIpc) is 1.27. The van der Waals surface area contributed by atoms with Crippen LogP contribution in [-0.4, -0.2) is 6.41 Å². The molecule has 0 unspecified atom stereocenters. The molecule has 0 bridgehead atoms. The molecule has 1 amide bonds. The zero-order valence-corrected chi connectivity index (χ0v) is 4.39. The third-order valence-corrected chi connectivity index (χ3v) is 1.000. The van der Waals surface area contributed by atoms with Crippen LogP contribution in [-0.2, 0) is 4.79 Å². The van der Waals surface area contributed by atoms with Gasteiger partial charge in [-0.15, -0.1) is 0 Å². The number of hydrogen-bond acceptors (Lipinski definition) is 1. The van der Waals surface area contributed by atoms with Gasteiger partial charge < -0.3 is 5.73 Å². The Morgan fingerprint density at radius 1 is 1.14 bits per heavy atom. The van der Waals surface area contributed by atoms with E-state index in [4.69, 9.17) is 4.79 Å². The summed E-state index contributed by atoms with van der Waals surface area (Å²) in [6.45, 7) is 0. The smallest absolute Gasteiger partial charge is 0.204 e. The summed E-state index contributed by atoms with van der Waals surface area (Å²) in [6, 6.07) is 0. The maximum absolute atomic E-state index is 8.58. The van der Waals surface area contributed by atoms with E-state index in [2.05, 4.69) is 5.73 Å². The van der Waals surface area contributed by atoms with E-state index in [1.807, 2.05) is 0 Å². The van der Waals surface area contributed by atoms with Crippen LogP contribution in [0.15, 0.2) is 0 Å². The predicted molar refractivity (Wildman–Crippen MR) is 28.7 cm³/mol. The molecule has 0 spiro atoms. The van der Waals surface area contributed by atoms with Crippen LogP contribution in [0, 0.1) is 0 Å². The molecule has 0 radical (unpaired) electrons. The van der Waals surface area contributed by atoms with Crippen LogP contribution >= 0.6 is 0 Å². The number of carbonyl (C=O) groups is 1. The van der Waals surface area contributed by atoms with E-state index < -0.39 is 0 Å². The lowest BCUT2D eigenvalue weighted by Gasteiger charge is -2.05. The fourth-order valence-corrected chi connectivity index (χ4v) is 0.250. The molecule has 2 heteroatoms. The molecule has 1 rings (SSSR count). The third-order valence-electron chi connectivity index (χ3n) is 1.000. The summed E-state index contributed by atoms with van der Waals surface area (Å²) in [4.78, 5) is 8.58. The first kappa shape index (κ1) is 6.47. The molecule has 1 fully saturated rings. The second kappa shape index (κ2) is 5.47. The average molecular weight is 101 g/mol. The highest BCUT2D eigenvalue weighted by molar-refractivity contribution is 5.42. The van der Waals surface area contributed by atoms with Crippen LogP contribution in [0.2, 0.25) is 0 Å². The summed E-state index contributed by atoms with van der Waals surface area (Å²) in [6.07, 6.45) is 6.25. The molecule has 2 N–H and O–H groups in total. The number of carbonyl (C=O) groups excluding carboxylic acids is 1. The molecule has 0 aromatic heterocycles. The first-order valence-electron chi connectivity index (χ1n) is 2.57. The maximum Gasteiger partial charge on any atom is 0.204 e. The summed E-state index contributed by atoms with van der Waals surface area (Å²) in [7, 11) is 0. The van der Waals surface area contributed by atoms with E-state index in [1.54, 1.807) is 0 Å². The van der Waals surface area contributed by atoms with Gasteiger partial charge in [-0.05, 0) is 0 Å². The number of nitrogens with two attached hydrogens (primary N) is 1. The Bertz CT molecular complexity index is 37.3. The fraction of sp³-hybridized carbons (Fsp3) is 0.800. The molecule has 0 aliphatic heterocycles.